The molecular weight excluding hydrogens is 317 g/mol. The van der Waals surface area contributed by atoms with E-state index < -0.39 is 37.0 Å². The minimum absolute atomic E-state index is 0.404. The number of ether oxygens (including phenoxy) is 1. The van der Waals surface area contributed by atoms with Crippen LogP contribution in [0.4, 0.5) is 30.7 Å². The van der Waals surface area contributed by atoms with Crippen LogP contribution in [0.25, 0.3) is 0 Å². The zero-order valence-electron chi connectivity index (χ0n) is 9.52. The van der Waals surface area contributed by atoms with E-state index in [0.29, 0.717) is 4.88 Å². The molecule has 10 heteroatoms. The quantitative estimate of drug-likeness (QED) is 0.610. The molecule has 0 saturated heterocycles. The maximum absolute atomic E-state index is 12.8. The molecule has 2 nitrogen and oxygen atoms in total. The predicted molar refractivity (Wildman–Crippen MR) is 54.9 cm³/mol. The van der Waals surface area contributed by atoms with Crippen molar-refractivity contribution in [2.45, 2.75) is 24.4 Å². The number of hydrogen-bond donors (Lipinski definition) is 0. The van der Waals surface area contributed by atoms with E-state index >= 15 is 0 Å². The van der Waals surface area contributed by atoms with E-state index in [1.165, 1.54) is 6.07 Å². The van der Waals surface area contributed by atoms with Crippen molar-refractivity contribution in [1.29, 1.82) is 0 Å². The van der Waals surface area contributed by atoms with Gasteiger partial charge in [0.2, 0.25) is 0 Å². The van der Waals surface area contributed by atoms with E-state index in [9.17, 15) is 35.5 Å². The van der Waals surface area contributed by atoms with Crippen LogP contribution in [0.1, 0.15) is 4.88 Å². The summed E-state index contributed by atoms with van der Waals surface area (Å²) in [5, 5.41) is 1.56. The molecule has 0 bridgehead atoms. The molecule has 0 atom stereocenters. The first-order valence-corrected chi connectivity index (χ1v) is 5.86. The highest BCUT2D eigenvalue weighted by Crippen LogP contribution is 2.46. The van der Waals surface area contributed by atoms with E-state index in [4.69, 9.17) is 0 Å². The standard InChI is InChI=1S/C10H7F7O2S/c11-8(12,9(13,14)10(15,16)17)5-19-7(18)4-6-2-1-3-20-6/h1-3H,4-5H2. The Kier molecular flexibility index (Phi) is 4.67. The summed E-state index contributed by atoms with van der Waals surface area (Å²) < 4.78 is 89.7. The lowest BCUT2D eigenvalue weighted by Gasteiger charge is -2.27. The second-order valence-electron chi connectivity index (χ2n) is 3.69. The van der Waals surface area contributed by atoms with E-state index in [-0.39, 0.29) is 0 Å². The van der Waals surface area contributed by atoms with Crippen LogP contribution >= 0.6 is 11.3 Å². The SMILES string of the molecule is O=C(Cc1cccs1)OCC(F)(F)C(F)(F)C(F)(F)F. The largest absolute Gasteiger partial charge is 0.460 e. The van der Waals surface area contributed by atoms with Gasteiger partial charge < -0.3 is 4.74 Å². The van der Waals surface area contributed by atoms with Crippen molar-refractivity contribution in [3.63, 3.8) is 0 Å². The fraction of sp³-hybridized carbons (Fsp3) is 0.500. The average Bonchev–Trinajstić information content (AvgIpc) is 2.77. The summed E-state index contributed by atoms with van der Waals surface area (Å²) in [5.41, 5.74) is 0. The van der Waals surface area contributed by atoms with Crippen molar-refractivity contribution in [2.75, 3.05) is 6.61 Å². The molecule has 1 aromatic rings. The van der Waals surface area contributed by atoms with Crippen molar-refractivity contribution >= 4 is 17.3 Å². The number of alkyl halides is 7. The molecule has 0 N–H and O–H groups in total. The molecule has 1 heterocycles. The van der Waals surface area contributed by atoms with Gasteiger partial charge in [0.15, 0.2) is 6.61 Å². The maximum atomic E-state index is 12.8. The Hall–Kier alpha value is -1.32. The highest BCUT2D eigenvalue weighted by Gasteiger charge is 2.73. The number of halogens is 7. The van der Waals surface area contributed by atoms with E-state index in [0.717, 1.165) is 11.3 Å². The number of carbonyl (C=O) groups excluding carboxylic acids is 1. The zero-order valence-corrected chi connectivity index (χ0v) is 10.3. The fourth-order valence-corrected chi connectivity index (χ4v) is 1.77. The second-order valence-corrected chi connectivity index (χ2v) is 4.73. The van der Waals surface area contributed by atoms with Crippen molar-refractivity contribution in [2.24, 2.45) is 0 Å². The average molecular weight is 324 g/mol. The first kappa shape index (κ1) is 16.7. The van der Waals surface area contributed by atoms with Crippen molar-refractivity contribution in [1.82, 2.24) is 0 Å². The molecule has 0 radical (unpaired) electrons. The Bertz CT molecular complexity index is 453. The molecule has 0 aliphatic carbocycles. The van der Waals surface area contributed by atoms with E-state index in [2.05, 4.69) is 4.74 Å². The third-order valence-corrected chi connectivity index (χ3v) is 3.00. The minimum Gasteiger partial charge on any atom is -0.459 e. The summed E-state index contributed by atoms with van der Waals surface area (Å²) in [5.74, 6) is -13.1. The molecule has 0 spiro atoms. The third kappa shape index (κ3) is 3.62. The summed E-state index contributed by atoms with van der Waals surface area (Å²) >= 11 is 1.08. The number of thiophene rings is 1. The van der Waals surface area contributed by atoms with Crippen molar-refractivity contribution in [3.8, 4) is 0 Å². The Morgan fingerprint density at radius 2 is 1.75 bits per heavy atom. The van der Waals surface area contributed by atoms with Crippen LogP contribution in [0.5, 0.6) is 0 Å². The Morgan fingerprint density at radius 1 is 1.15 bits per heavy atom. The van der Waals surface area contributed by atoms with Gasteiger partial charge in [0.1, 0.15) is 0 Å². The number of hydrogen-bond acceptors (Lipinski definition) is 3. The lowest BCUT2D eigenvalue weighted by molar-refractivity contribution is -0.359. The molecule has 0 fully saturated rings. The molecule has 0 aliphatic heterocycles. The van der Waals surface area contributed by atoms with Crippen molar-refractivity contribution in [3.05, 3.63) is 22.4 Å². The molecule has 0 unspecified atom stereocenters. The number of carbonyl (C=O) groups is 1. The van der Waals surface area contributed by atoms with Gasteiger partial charge in [0.25, 0.3) is 0 Å². The van der Waals surface area contributed by atoms with Crippen LogP contribution in [-0.2, 0) is 16.0 Å². The zero-order chi connectivity index (χ0) is 15.6. The fourth-order valence-electron chi connectivity index (χ4n) is 1.08. The van der Waals surface area contributed by atoms with Crippen LogP contribution in [0.3, 0.4) is 0 Å². The third-order valence-electron chi connectivity index (χ3n) is 2.13. The van der Waals surface area contributed by atoms with Gasteiger partial charge in [-0.25, -0.2) is 0 Å². The summed E-state index contributed by atoms with van der Waals surface area (Å²) in [7, 11) is 0. The van der Waals surface area contributed by atoms with Gasteiger partial charge in [-0.3, -0.25) is 4.79 Å². The summed E-state index contributed by atoms with van der Waals surface area (Å²) in [6, 6.07) is 2.99. The molecule has 1 aromatic heterocycles. The molecule has 20 heavy (non-hydrogen) atoms. The normalized spacial score (nSPS) is 13.3. The lowest BCUT2D eigenvalue weighted by atomic mass is 10.2. The van der Waals surface area contributed by atoms with Gasteiger partial charge in [-0.2, -0.15) is 30.7 Å². The molecule has 0 aromatic carbocycles. The second kappa shape index (κ2) is 5.58. The van der Waals surface area contributed by atoms with Crippen molar-refractivity contribution < 1.29 is 40.3 Å². The highest BCUT2D eigenvalue weighted by molar-refractivity contribution is 7.10. The van der Waals surface area contributed by atoms with Crippen LogP contribution in [0.15, 0.2) is 17.5 Å². The Balaban J connectivity index is 2.61. The first-order chi connectivity index (χ1) is 8.97. The lowest BCUT2D eigenvalue weighted by Crippen LogP contribution is -2.54. The summed E-state index contributed by atoms with van der Waals surface area (Å²) in [6.07, 6.45) is -6.91. The molecular formula is C10H7F7O2S. The van der Waals surface area contributed by atoms with Gasteiger partial charge in [0, 0.05) is 4.88 Å². The molecule has 114 valence electrons. The van der Waals surface area contributed by atoms with Gasteiger partial charge in [-0.1, -0.05) is 6.07 Å². The highest BCUT2D eigenvalue weighted by atomic mass is 32.1. The smallest absolute Gasteiger partial charge is 0.459 e. The summed E-state index contributed by atoms with van der Waals surface area (Å²) in [4.78, 5) is 11.5. The predicted octanol–water partition coefficient (Wildman–Crippen LogP) is 3.67. The van der Waals surface area contributed by atoms with Gasteiger partial charge in [-0.15, -0.1) is 11.3 Å². The van der Waals surface area contributed by atoms with Crippen LogP contribution < -0.4 is 0 Å². The minimum atomic E-state index is -6.43. The van der Waals surface area contributed by atoms with Gasteiger partial charge in [-0.05, 0) is 11.4 Å². The summed E-state index contributed by atoms with van der Waals surface area (Å²) in [6.45, 7) is -2.34. The van der Waals surface area contributed by atoms with Gasteiger partial charge >= 0.3 is 24.0 Å². The molecule has 0 aliphatic rings. The molecule has 1 rings (SSSR count). The Labute approximate surface area is 112 Å². The van der Waals surface area contributed by atoms with Crippen LogP contribution in [0.2, 0.25) is 0 Å². The molecule has 0 amide bonds. The van der Waals surface area contributed by atoms with Crippen LogP contribution in [-0.4, -0.2) is 30.6 Å². The maximum Gasteiger partial charge on any atom is 0.460 e. The monoisotopic (exact) mass is 324 g/mol. The molecule has 0 saturated carbocycles. The van der Waals surface area contributed by atoms with Gasteiger partial charge in [0.05, 0.1) is 6.42 Å². The Morgan fingerprint density at radius 3 is 2.20 bits per heavy atom. The van der Waals surface area contributed by atoms with Crippen LogP contribution in [0, 0.1) is 0 Å². The first-order valence-electron chi connectivity index (χ1n) is 4.98. The van der Waals surface area contributed by atoms with E-state index in [1.54, 1.807) is 11.4 Å². The number of rotatable bonds is 5. The topological polar surface area (TPSA) is 26.3 Å². The number of esters is 1. The van der Waals surface area contributed by atoms with E-state index in [1.807, 2.05) is 0 Å².